The molecule has 0 radical (unpaired) electrons. The van der Waals surface area contributed by atoms with E-state index in [1.807, 2.05) is 11.7 Å². The second kappa shape index (κ2) is 4.57. The van der Waals surface area contributed by atoms with Gasteiger partial charge in [-0.2, -0.15) is 5.10 Å². The van der Waals surface area contributed by atoms with Crippen LogP contribution in [0, 0.1) is 0 Å². The van der Waals surface area contributed by atoms with Crippen molar-refractivity contribution in [1.82, 2.24) is 14.7 Å². The molecule has 2 atom stereocenters. The Bertz CT molecular complexity index is 575. The van der Waals surface area contributed by atoms with Crippen molar-refractivity contribution < 1.29 is 13.2 Å². The van der Waals surface area contributed by atoms with E-state index in [2.05, 4.69) is 16.9 Å². The summed E-state index contributed by atoms with van der Waals surface area (Å²) >= 11 is 0. The van der Waals surface area contributed by atoms with Crippen molar-refractivity contribution in [2.45, 2.75) is 42.6 Å². The van der Waals surface area contributed by atoms with Gasteiger partial charge in [-0.25, -0.2) is 8.42 Å². The Labute approximate surface area is 113 Å². The lowest BCUT2D eigenvalue weighted by molar-refractivity contribution is 0.180. The highest BCUT2D eigenvalue weighted by Gasteiger charge is 2.36. The van der Waals surface area contributed by atoms with E-state index in [0.717, 1.165) is 12.2 Å². The SMILES string of the molecule is C[C@H]1Cn2ncc(S(=O)(=O)C3CCOC3)c2CN1C. The van der Waals surface area contributed by atoms with Crippen molar-refractivity contribution in [3.05, 3.63) is 11.9 Å². The van der Waals surface area contributed by atoms with Gasteiger partial charge in [0, 0.05) is 19.2 Å². The van der Waals surface area contributed by atoms with Crippen LogP contribution in [0.2, 0.25) is 0 Å². The van der Waals surface area contributed by atoms with E-state index in [4.69, 9.17) is 4.74 Å². The summed E-state index contributed by atoms with van der Waals surface area (Å²) in [6, 6.07) is 0.373. The number of rotatable bonds is 2. The third kappa shape index (κ3) is 2.09. The van der Waals surface area contributed by atoms with Gasteiger partial charge in [0.05, 0.1) is 30.3 Å². The first-order valence-corrected chi connectivity index (χ1v) is 8.11. The first-order valence-electron chi connectivity index (χ1n) is 6.56. The second-order valence-electron chi connectivity index (χ2n) is 5.43. The van der Waals surface area contributed by atoms with Crippen molar-refractivity contribution in [2.24, 2.45) is 0 Å². The lowest BCUT2D eigenvalue weighted by atomic mass is 10.2. The molecular weight excluding hydrogens is 266 g/mol. The highest BCUT2D eigenvalue weighted by atomic mass is 32.2. The molecule has 1 fully saturated rings. The van der Waals surface area contributed by atoms with Gasteiger partial charge in [0.15, 0.2) is 9.84 Å². The molecule has 19 heavy (non-hydrogen) atoms. The normalized spacial score (nSPS) is 28.5. The fourth-order valence-corrected chi connectivity index (χ4v) is 4.40. The zero-order valence-corrected chi connectivity index (χ0v) is 12.1. The van der Waals surface area contributed by atoms with Gasteiger partial charge in [-0.3, -0.25) is 9.58 Å². The van der Waals surface area contributed by atoms with Crippen molar-refractivity contribution in [3.8, 4) is 0 Å². The van der Waals surface area contributed by atoms with Gasteiger partial charge in [-0.1, -0.05) is 0 Å². The number of hydrogen-bond donors (Lipinski definition) is 0. The van der Waals surface area contributed by atoms with E-state index in [1.165, 1.54) is 6.20 Å². The maximum Gasteiger partial charge on any atom is 0.187 e. The topological polar surface area (TPSA) is 64.4 Å². The molecule has 1 saturated heterocycles. The van der Waals surface area contributed by atoms with Gasteiger partial charge in [0.2, 0.25) is 0 Å². The molecular formula is C12H19N3O3S. The van der Waals surface area contributed by atoms with E-state index in [-0.39, 0.29) is 0 Å². The quantitative estimate of drug-likeness (QED) is 0.781. The fraction of sp³-hybridized carbons (Fsp3) is 0.750. The Morgan fingerprint density at radius 3 is 2.95 bits per heavy atom. The maximum atomic E-state index is 12.6. The molecule has 6 nitrogen and oxygen atoms in total. The summed E-state index contributed by atoms with van der Waals surface area (Å²) in [5.74, 6) is 0. The third-order valence-electron chi connectivity index (χ3n) is 4.13. The number of aromatic nitrogens is 2. The number of likely N-dealkylation sites (N-methyl/N-ethyl adjacent to an activating group) is 1. The molecule has 0 amide bonds. The largest absolute Gasteiger partial charge is 0.380 e. The molecule has 1 unspecified atom stereocenters. The number of ether oxygens (including phenoxy) is 1. The number of fused-ring (bicyclic) bond motifs is 1. The van der Waals surface area contributed by atoms with E-state index < -0.39 is 15.1 Å². The first kappa shape index (κ1) is 13.1. The summed E-state index contributed by atoms with van der Waals surface area (Å²) in [5.41, 5.74) is 0.813. The molecule has 3 rings (SSSR count). The van der Waals surface area contributed by atoms with Crippen molar-refractivity contribution in [1.29, 1.82) is 0 Å². The van der Waals surface area contributed by atoms with Crippen LogP contribution in [0.3, 0.4) is 0 Å². The summed E-state index contributed by atoms with van der Waals surface area (Å²) in [6.07, 6.45) is 2.09. The Hall–Kier alpha value is -0.920. The molecule has 2 aliphatic rings. The third-order valence-corrected chi connectivity index (χ3v) is 6.34. The minimum Gasteiger partial charge on any atom is -0.380 e. The van der Waals surface area contributed by atoms with Crippen LogP contribution < -0.4 is 0 Å². The minimum absolute atomic E-state index is 0.305. The molecule has 0 spiro atoms. The predicted molar refractivity (Wildman–Crippen MR) is 69.6 cm³/mol. The van der Waals surface area contributed by atoms with E-state index in [1.54, 1.807) is 0 Å². The van der Waals surface area contributed by atoms with Crippen molar-refractivity contribution in [3.63, 3.8) is 0 Å². The maximum absolute atomic E-state index is 12.6. The average molecular weight is 285 g/mol. The van der Waals surface area contributed by atoms with Crippen molar-refractivity contribution >= 4 is 9.84 Å². The highest BCUT2D eigenvalue weighted by Crippen LogP contribution is 2.28. The monoisotopic (exact) mass is 285 g/mol. The molecule has 1 aromatic heterocycles. The molecule has 0 aliphatic carbocycles. The molecule has 7 heteroatoms. The van der Waals surface area contributed by atoms with Crippen LogP contribution in [0.15, 0.2) is 11.1 Å². The molecule has 0 aromatic carbocycles. The van der Waals surface area contributed by atoms with Gasteiger partial charge < -0.3 is 4.74 Å². The Balaban J connectivity index is 1.99. The molecule has 1 aromatic rings. The van der Waals surface area contributed by atoms with Crippen LogP contribution in [0.5, 0.6) is 0 Å². The lowest BCUT2D eigenvalue weighted by Crippen LogP contribution is -2.39. The zero-order valence-electron chi connectivity index (χ0n) is 11.2. The summed E-state index contributed by atoms with van der Waals surface area (Å²) in [6.45, 7) is 4.32. The van der Waals surface area contributed by atoms with Gasteiger partial charge >= 0.3 is 0 Å². The standard InChI is InChI=1S/C12H19N3O3S/c1-9-6-15-11(7-14(9)2)12(5-13-15)19(16,17)10-3-4-18-8-10/h5,9-10H,3-4,6-8H2,1-2H3/t9-,10?/m0/s1. The van der Waals surface area contributed by atoms with E-state index in [9.17, 15) is 8.42 Å². The van der Waals surface area contributed by atoms with Crippen LogP contribution >= 0.6 is 0 Å². The fourth-order valence-electron chi connectivity index (χ4n) is 2.67. The smallest absolute Gasteiger partial charge is 0.187 e. The summed E-state index contributed by atoms with van der Waals surface area (Å²) < 4.78 is 32.2. The number of nitrogens with zero attached hydrogens (tertiary/aromatic N) is 3. The van der Waals surface area contributed by atoms with E-state index >= 15 is 0 Å². The molecule has 0 bridgehead atoms. The average Bonchev–Trinajstić information content (AvgIpc) is 2.98. The molecule has 0 N–H and O–H groups in total. The summed E-state index contributed by atoms with van der Waals surface area (Å²) in [7, 11) is -1.30. The van der Waals surface area contributed by atoms with Crippen LogP contribution in [0.1, 0.15) is 19.0 Å². The Kier molecular flexibility index (Phi) is 3.15. The Morgan fingerprint density at radius 1 is 1.47 bits per heavy atom. The number of sulfone groups is 1. The van der Waals surface area contributed by atoms with Crippen LogP contribution in [0.25, 0.3) is 0 Å². The molecule has 106 valence electrons. The van der Waals surface area contributed by atoms with Gasteiger partial charge in [-0.05, 0) is 20.4 Å². The first-order chi connectivity index (χ1) is 9.00. The highest BCUT2D eigenvalue weighted by molar-refractivity contribution is 7.92. The second-order valence-corrected chi connectivity index (χ2v) is 7.63. The van der Waals surface area contributed by atoms with Crippen LogP contribution in [-0.2, 0) is 27.7 Å². The van der Waals surface area contributed by atoms with E-state index in [0.29, 0.717) is 37.1 Å². The van der Waals surface area contributed by atoms with Gasteiger partial charge in [0.25, 0.3) is 0 Å². The minimum atomic E-state index is -3.31. The lowest BCUT2D eigenvalue weighted by Gasteiger charge is -2.31. The van der Waals surface area contributed by atoms with Crippen molar-refractivity contribution in [2.75, 3.05) is 20.3 Å². The molecule has 3 heterocycles. The predicted octanol–water partition coefficient (Wildman–Crippen LogP) is 0.280. The van der Waals surface area contributed by atoms with Crippen LogP contribution in [0.4, 0.5) is 0 Å². The zero-order chi connectivity index (χ0) is 13.6. The summed E-state index contributed by atoms with van der Waals surface area (Å²) in [4.78, 5) is 2.54. The number of hydrogen-bond acceptors (Lipinski definition) is 5. The van der Waals surface area contributed by atoms with Gasteiger partial charge in [-0.15, -0.1) is 0 Å². The summed E-state index contributed by atoms with van der Waals surface area (Å²) in [5, 5.41) is 3.84. The molecule has 0 saturated carbocycles. The molecule has 2 aliphatic heterocycles. The Morgan fingerprint density at radius 2 is 2.26 bits per heavy atom. The van der Waals surface area contributed by atoms with Crippen LogP contribution in [-0.4, -0.2) is 54.7 Å². The van der Waals surface area contributed by atoms with Gasteiger partial charge in [0.1, 0.15) is 4.90 Å².